The Morgan fingerprint density at radius 1 is 1.17 bits per heavy atom. The third-order valence-corrected chi connectivity index (χ3v) is 5.48. The number of benzene rings is 2. The van der Waals surface area contributed by atoms with Gasteiger partial charge in [0.2, 0.25) is 0 Å². The number of phenols is 1. The Morgan fingerprint density at radius 2 is 1.87 bits per heavy atom. The molecule has 2 aromatic carbocycles. The molecule has 3 rings (SSSR count). The number of nitrogens with zero attached hydrogens (tertiary/aromatic N) is 3. The van der Waals surface area contributed by atoms with Gasteiger partial charge in [-0.1, -0.05) is 51.3 Å². The molecule has 0 radical (unpaired) electrons. The average molecular weight is 410 g/mol. The van der Waals surface area contributed by atoms with E-state index in [9.17, 15) is 9.90 Å². The van der Waals surface area contributed by atoms with Crippen LogP contribution < -0.4 is 0 Å². The van der Waals surface area contributed by atoms with Crippen molar-refractivity contribution in [2.24, 2.45) is 5.92 Å². The second-order valence-electron chi connectivity index (χ2n) is 7.86. The van der Waals surface area contributed by atoms with Gasteiger partial charge in [0.25, 0.3) is 0 Å². The van der Waals surface area contributed by atoms with Crippen LogP contribution in [0, 0.1) is 12.8 Å². The van der Waals surface area contributed by atoms with Crippen LogP contribution in [-0.4, -0.2) is 32.7 Å². The van der Waals surface area contributed by atoms with Crippen molar-refractivity contribution < 1.29 is 14.6 Å². The van der Waals surface area contributed by atoms with E-state index in [4.69, 9.17) is 4.74 Å². The molecule has 3 aromatic rings. The van der Waals surface area contributed by atoms with Crippen molar-refractivity contribution in [2.75, 3.05) is 6.61 Å². The number of carbonyl (C=O) groups excluding carboxylic acids is 1. The second-order valence-corrected chi connectivity index (χ2v) is 7.86. The maximum absolute atomic E-state index is 12.2. The summed E-state index contributed by atoms with van der Waals surface area (Å²) in [6, 6.07) is 11.3. The van der Waals surface area contributed by atoms with Crippen molar-refractivity contribution in [3.05, 3.63) is 47.5 Å². The Morgan fingerprint density at radius 3 is 2.50 bits per heavy atom. The maximum Gasteiger partial charge on any atom is 0.306 e. The lowest BCUT2D eigenvalue weighted by Crippen LogP contribution is -2.14. The highest BCUT2D eigenvalue weighted by molar-refractivity contribution is 5.74. The number of aromatic nitrogens is 3. The van der Waals surface area contributed by atoms with Crippen molar-refractivity contribution in [2.45, 2.75) is 59.3 Å². The fourth-order valence-corrected chi connectivity index (χ4v) is 3.53. The summed E-state index contributed by atoms with van der Waals surface area (Å²) in [5.74, 6) is 0.403. The van der Waals surface area contributed by atoms with E-state index in [2.05, 4.69) is 24.0 Å². The van der Waals surface area contributed by atoms with Gasteiger partial charge in [-0.25, -0.2) is 0 Å². The number of aryl methyl sites for hydroxylation is 2. The first-order valence-corrected chi connectivity index (χ1v) is 10.8. The van der Waals surface area contributed by atoms with Crippen LogP contribution in [0.25, 0.3) is 16.7 Å². The predicted molar refractivity (Wildman–Crippen MR) is 118 cm³/mol. The molecular formula is C24H31N3O3. The van der Waals surface area contributed by atoms with Gasteiger partial charge in [0.1, 0.15) is 22.5 Å². The summed E-state index contributed by atoms with van der Waals surface area (Å²) in [5, 5.41) is 19.4. The Kier molecular flexibility index (Phi) is 7.44. The molecule has 0 bridgehead atoms. The van der Waals surface area contributed by atoms with Gasteiger partial charge in [0.05, 0.1) is 6.61 Å². The summed E-state index contributed by atoms with van der Waals surface area (Å²) in [7, 11) is 0. The third-order valence-electron chi connectivity index (χ3n) is 5.48. The van der Waals surface area contributed by atoms with E-state index in [1.165, 1.54) is 11.2 Å². The molecule has 6 nitrogen and oxygen atoms in total. The third kappa shape index (κ3) is 5.38. The van der Waals surface area contributed by atoms with Crippen LogP contribution in [0.15, 0.2) is 36.4 Å². The van der Waals surface area contributed by atoms with E-state index >= 15 is 0 Å². The molecule has 0 saturated carbocycles. The summed E-state index contributed by atoms with van der Waals surface area (Å²) in [5.41, 5.74) is 3.70. The molecular weight excluding hydrogens is 378 g/mol. The van der Waals surface area contributed by atoms with Gasteiger partial charge in [-0.3, -0.25) is 4.79 Å². The van der Waals surface area contributed by atoms with Gasteiger partial charge < -0.3 is 9.84 Å². The number of rotatable bonds is 10. The summed E-state index contributed by atoms with van der Waals surface area (Å²) in [6.07, 6.45) is 5.31. The fraction of sp³-hybridized carbons (Fsp3) is 0.458. The molecule has 0 aliphatic carbocycles. The largest absolute Gasteiger partial charge is 0.505 e. The number of unbranched alkanes of at least 4 members (excludes halogenated alkanes) is 1. The summed E-state index contributed by atoms with van der Waals surface area (Å²) in [4.78, 5) is 13.7. The van der Waals surface area contributed by atoms with Crippen LogP contribution in [0.1, 0.15) is 57.1 Å². The highest BCUT2D eigenvalue weighted by atomic mass is 16.5. The molecule has 0 fully saturated rings. The SMILES string of the molecule is CCCCC(CC)COC(=O)CCc1cc(C)c(O)c(-n2nc3ccccc3n2)c1. The van der Waals surface area contributed by atoms with Gasteiger partial charge in [0, 0.05) is 6.42 Å². The van der Waals surface area contributed by atoms with Crippen molar-refractivity contribution in [3.63, 3.8) is 0 Å². The zero-order valence-electron chi connectivity index (χ0n) is 18.1. The smallest absolute Gasteiger partial charge is 0.306 e. The highest BCUT2D eigenvalue weighted by Crippen LogP contribution is 2.28. The van der Waals surface area contributed by atoms with Gasteiger partial charge in [-0.15, -0.1) is 15.0 Å². The van der Waals surface area contributed by atoms with Crippen molar-refractivity contribution in [1.29, 1.82) is 0 Å². The molecule has 0 amide bonds. The number of hydrogen-bond acceptors (Lipinski definition) is 5. The first kappa shape index (κ1) is 21.8. The van der Waals surface area contributed by atoms with Crippen molar-refractivity contribution in [3.8, 4) is 11.4 Å². The molecule has 1 N–H and O–H groups in total. The maximum atomic E-state index is 12.2. The Balaban J connectivity index is 1.66. The van der Waals surface area contributed by atoms with Gasteiger partial charge in [-0.2, -0.15) is 0 Å². The number of phenolic OH excluding ortho intramolecular Hbond substituents is 1. The fourth-order valence-electron chi connectivity index (χ4n) is 3.53. The zero-order chi connectivity index (χ0) is 21.5. The second kappa shape index (κ2) is 10.2. The van der Waals surface area contributed by atoms with Crippen LogP contribution in [0.3, 0.4) is 0 Å². The number of ether oxygens (including phenoxy) is 1. The molecule has 0 aliphatic heterocycles. The van der Waals surface area contributed by atoms with Crippen LogP contribution in [0.4, 0.5) is 0 Å². The highest BCUT2D eigenvalue weighted by Gasteiger charge is 2.14. The molecule has 1 atom stereocenters. The lowest BCUT2D eigenvalue weighted by molar-refractivity contribution is -0.145. The first-order chi connectivity index (χ1) is 14.5. The monoisotopic (exact) mass is 409 g/mol. The zero-order valence-corrected chi connectivity index (χ0v) is 18.1. The van der Waals surface area contributed by atoms with Crippen molar-refractivity contribution in [1.82, 2.24) is 15.0 Å². The number of fused-ring (bicyclic) bond motifs is 1. The topological polar surface area (TPSA) is 77.2 Å². The lowest BCUT2D eigenvalue weighted by Gasteiger charge is -2.15. The standard InChI is InChI=1S/C24H31N3O3/c1-4-6-9-18(5-2)16-30-23(28)13-12-19-14-17(3)24(29)22(15-19)27-25-20-10-7-8-11-21(20)26-27/h7-8,10-11,14-15,18,29H,4-6,9,12-13,16H2,1-3H3. The summed E-state index contributed by atoms with van der Waals surface area (Å²) in [6.45, 7) is 6.65. The van der Waals surface area contributed by atoms with Crippen LogP contribution in [-0.2, 0) is 16.0 Å². The molecule has 1 unspecified atom stereocenters. The van der Waals surface area contributed by atoms with E-state index in [1.54, 1.807) is 0 Å². The van der Waals surface area contributed by atoms with E-state index in [0.717, 1.165) is 41.4 Å². The van der Waals surface area contributed by atoms with Crippen LogP contribution in [0.5, 0.6) is 5.75 Å². The predicted octanol–water partition coefficient (Wildman–Crippen LogP) is 5.13. The minimum atomic E-state index is -0.180. The summed E-state index contributed by atoms with van der Waals surface area (Å²) >= 11 is 0. The Labute approximate surface area is 177 Å². The average Bonchev–Trinajstić information content (AvgIpc) is 3.18. The molecule has 0 saturated heterocycles. The summed E-state index contributed by atoms with van der Waals surface area (Å²) < 4.78 is 5.50. The number of hydrogen-bond donors (Lipinski definition) is 1. The molecule has 6 heteroatoms. The Hall–Kier alpha value is -2.89. The normalized spacial score (nSPS) is 12.2. The minimum absolute atomic E-state index is 0.142. The Bertz CT molecular complexity index is 964. The van der Waals surface area contributed by atoms with E-state index < -0.39 is 0 Å². The van der Waals surface area contributed by atoms with E-state index in [0.29, 0.717) is 31.1 Å². The molecule has 160 valence electrons. The molecule has 1 heterocycles. The quantitative estimate of drug-likeness (QED) is 0.470. The molecule has 0 aliphatic rings. The van der Waals surface area contributed by atoms with Crippen LogP contribution in [0.2, 0.25) is 0 Å². The van der Waals surface area contributed by atoms with Gasteiger partial charge in [0.15, 0.2) is 0 Å². The first-order valence-electron chi connectivity index (χ1n) is 10.8. The molecule has 1 aromatic heterocycles. The van der Waals surface area contributed by atoms with Crippen molar-refractivity contribution >= 4 is 17.0 Å². The molecule has 0 spiro atoms. The number of aromatic hydroxyl groups is 1. The lowest BCUT2D eigenvalue weighted by atomic mass is 10.0. The minimum Gasteiger partial charge on any atom is -0.505 e. The van der Waals surface area contributed by atoms with E-state index in [-0.39, 0.29) is 11.7 Å². The van der Waals surface area contributed by atoms with Gasteiger partial charge >= 0.3 is 5.97 Å². The van der Waals surface area contributed by atoms with Gasteiger partial charge in [-0.05, 0) is 55.0 Å². The van der Waals surface area contributed by atoms with E-state index in [1.807, 2.05) is 43.3 Å². The number of esters is 1. The van der Waals surface area contributed by atoms with Crippen LogP contribution >= 0.6 is 0 Å². The number of carbonyl (C=O) groups is 1. The molecule has 30 heavy (non-hydrogen) atoms.